The van der Waals surface area contributed by atoms with Crippen LogP contribution in [0.1, 0.15) is 19.8 Å². The molecule has 1 unspecified atom stereocenters. The molecule has 2 aliphatic rings. The Morgan fingerprint density at radius 2 is 2.05 bits per heavy atom. The molecule has 0 bridgehead atoms. The van der Waals surface area contributed by atoms with Crippen LogP contribution in [0.15, 0.2) is 12.1 Å². The molecule has 2 aliphatic heterocycles. The van der Waals surface area contributed by atoms with Crippen LogP contribution in [0.5, 0.6) is 11.5 Å². The molecule has 110 valence electrons. The Morgan fingerprint density at radius 3 is 2.80 bits per heavy atom. The second kappa shape index (κ2) is 5.79. The monoisotopic (exact) mass is 277 g/mol. The fourth-order valence-corrected chi connectivity index (χ4v) is 2.91. The van der Waals surface area contributed by atoms with Crippen LogP contribution in [0.2, 0.25) is 0 Å². The molecule has 3 rings (SSSR count). The lowest BCUT2D eigenvalue weighted by Crippen LogP contribution is -2.41. The van der Waals surface area contributed by atoms with Crippen LogP contribution < -0.4 is 20.5 Å². The van der Waals surface area contributed by atoms with Gasteiger partial charge in [0.05, 0.1) is 11.4 Å². The predicted octanol–water partition coefficient (Wildman–Crippen LogP) is 1.94. The first-order valence-electron chi connectivity index (χ1n) is 7.44. The van der Waals surface area contributed by atoms with Gasteiger partial charge in [0.25, 0.3) is 0 Å². The van der Waals surface area contributed by atoms with Crippen molar-refractivity contribution in [2.75, 3.05) is 43.9 Å². The number of nitrogens with two attached hydrogens (primary N) is 1. The Morgan fingerprint density at radius 1 is 1.30 bits per heavy atom. The minimum atomic E-state index is 0.452. The first kappa shape index (κ1) is 13.4. The van der Waals surface area contributed by atoms with E-state index in [0.717, 1.165) is 36.0 Å². The molecule has 1 fully saturated rings. The fourth-order valence-electron chi connectivity index (χ4n) is 2.91. The standard InChI is InChI=1S/C15H23N3O2/c1-2-18-5-3-4-11(10-18)17-13-9-15-14(8-12(13)16)19-6-7-20-15/h8-9,11,17H,2-7,10,16H2,1H3. The third kappa shape index (κ3) is 2.77. The van der Waals surface area contributed by atoms with Crippen LogP contribution in [-0.2, 0) is 0 Å². The van der Waals surface area contributed by atoms with Crippen molar-refractivity contribution >= 4 is 11.4 Å². The van der Waals surface area contributed by atoms with Gasteiger partial charge in [0, 0.05) is 24.7 Å². The number of benzene rings is 1. The van der Waals surface area contributed by atoms with Crippen LogP contribution in [0, 0.1) is 0 Å². The van der Waals surface area contributed by atoms with Crippen molar-refractivity contribution in [3.63, 3.8) is 0 Å². The van der Waals surface area contributed by atoms with Gasteiger partial charge in [0.15, 0.2) is 11.5 Å². The van der Waals surface area contributed by atoms with Crippen molar-refractivity contribution in [1.29, 1.82) is 0 Å². The molecule has 1 aromatic rings. The molecule has 0 aromatic heterocycles. The molecule has 2 heterocycles. The highest BCUT2D eigenvalue weighted by atomic mass is 16.6. The van der Waals surface area contributed by atoms with E-state index in [1.165, 1.54) is 19.4 Å². The van der Waals surface area contributed by atoms with Gasteiger partial charge in [-0.15, -0.1) is 0 Å². The molecule has 5 nitrogen and oxygen atoms in total. The molecular formula is C15H23N3O2. The highest BCUT2D eigenvalue weighted by Crippen LogP contribution is 2.37. The zero-order chi connectivity index (χ0) is 13.9. The van der Waals surface area contributed by atoms with Gasteiger partial charge in [-0.25, -0.2) is 0 Å². The number of hydrogen-bond acceptors (Lipinski definition) is 5. The Balaban J connectivity index is 1.73. The molecule has 1 aromatic carbocycles. The molecule has 1 atom stereocenters. The molecule has 0 radical (unpaired) electrons. The van der Waals surface area contributed by atoms with Gasteiger partial charge in [0.2, 0.25) is 0 Å². The minimum absolute atomic E-state index is 0.452. The lowest BCUT2D eigenvalue weighted by Gasteiger charge is -2.33. The number of fused-ring (bicyclic) bond motifs is 1. The van der Waals surface area contributed by atoms with Crippen LogP contribution >= 0.6 is 0 Å². The summed E-state index contributed by atoms with van der Waals surface area (Å²) in [5.41, 5.74) is 7.80. The number of likely N-dealkylation sites (N-methyl/N-ethyl adjacent to an activating group) is 1. The number of nitrogens with one attached hydrogen (secondary N) is 1. The topological polar surface area (TPSA) is 59.8 Å². The predicted molar refractivity (Wildman–Crippen MR) is 80.6 cm³/mol. The average Bonchev–Trinajstić information content (AvgIpc) is 2.48. The summed E-state index contributed by atoms with van der Waals surface area (Å²) in [7, 11) is 0. The minimum Gasteiger partial charge on any atom is -0.486 e. The van der Waals surface area contributed by atoms with Crippen LogP contribution in [0.3, 0.4) is 0 Å². The van der Waals surface area contributed by atoms with E-state index in [4.69, 9.17) is 15.2 Å². The van der Waals surface area contributed by atoms with Crippen molar-refractivity contribution < 1.29 is 9.47 Å². The molecule has 5 heteroatoms. The maximum atomic E-state index is 6.12. The first-order valence-corrected chi connectivity index (χ1v) is 7.44. The number of piperidine rings is 1. The van der Waals surface area contributed by atoms with Crippen molar-refractivity contribution in [2.45, 2.75) is 25.8 Å². The average molecular weight is 277 g/mol. The smallest absolute Gasteiger partial charge is 0.163 e. The zero-order valence-corrected chi connectivity index (χ0v) is 12.0. The largest absolute Gasteiger partial charge is 0.486 e. The fraction of sp³-hybridized carbons (Fsp3) is 0.600. The maximum Gasteiger partial charge on any atom is 0.163 e. The number of ether oxygens (including phenoxy) is 2. The lowest BCUT2D eigenvalue weighted by atomic mass is 10.0. The van der Waals surface area contributed by atoms with E-state index in [2.05, 4.69) is 17.1 Å². The summed E-state index contributed by atoms with van der Waals surface area (Å²) < 4.78 is 11.2. The van der Waals surface area contributed by atoms with Gasteiger partial charge in [-0.3, -0.25) is 0 Å². The summed E-state index contributed by atoms with van der Waals surface area (Å²) in [6.07, 6.45) is 2.42. The third-order valence-electron chi connectivity index (χ3n) is 4.03. The quantitative estimate of drug-likeness (QED) is 0.827. The number of hydrogen-bond donors (Lipinski definition) is 2. The van der Waals surface area contributed by atoms with Gasteiger partial charge in [-0.1, -0.05) is 6.92 Å². The summed E-state index contributed by atoms with van der Waals surface area (Å²) in [6.45, 7) is 6.78. The number of likely N-dealkylation sites (tertiary alicyclic amines) is 1. The van der Waals surface area contributed by atoms with Crippen LogP contribution in [0.25, 0.3) is 0 Å². The summed E-state index contributed by atoms with van der Waals surface area (Å²) in [6, 6.07) is 4.28. The van der Waals surface area contributed by atoms with Crippen molar-refractivity contribution in [3.05, 3.63) is 12.1 Å². The summed E-state index contributed by atoms with van der Waals surface area (Å²) >= 11 is 0. The second-order valence-electron chi connectivity index (χ2n) is 5.46. The van der Waals surface area contributed by atoms with Gasteiger partial charge in [-0.05, 0) is 25.9 Å². The Hall–Kier alpha value is -1.62. The van der Waals surface area contributed by atoms with E-state index >= 15 is 0 Å². The number of rotatable bonds is 3. The van der Waals surface area contributed by atoms with Gasteiger partial charge < -0.3 is 25.4 Å². The van der Waals surface area contributed by atoms with E-state index in [1.807, 2.05) is 12.1 Å². The molecule has 0 spiro atoms. The van der Waals surface area contributed by atoms with E-state index < -0.39 is 0 Å². The second-order valence-corrected chi connectivity index (χ2v) is 5.46. The van der Waals surface area contributed by atoms with E-state index in [9.17, 15) is 0 Å². The lowest BCUT2D eigenvalue weighted by molar-refractivity contribution is 0.172. The summed E-state index contributed by atoms with van der Waals surface area (Å²) in [5.74, 6) is 1.54. The molecular weight excluding hydrogens is 254 g/mol. The van der Waals surface area contributed by atoms with Crippen molar-refractivity contribution in [2.24, 2.45) is 0 Å². The number of anilines is 2. The van der Waals surface area contributed by atoms with Crippen molar-refractivity contribution in [1.82, 2.24) is 4.90 Å². The number of nitrogens with zero attached hydrogens (tertiary/aromatic N) is 1. The molecule has 1 saturated heterocycles. The van der Waals surface area contributed by atoms with E-state index in [1.54, 1.807) is 0 Å². The van der Waals surface area contributed by atoms with Crippen LogP contribution in [-0.4, -0.2) is 43.8 Å². The van der Waals surface area contributed by atoms with Gasteiger partial charge in [0.1, 0.15) is 13.2 Å². The molecule has 20 heavy (non-hydrogen) atoms. The molecule has 3 N–H and O–H groups in total. The van der Waals surface area contributed by atoms with Crippen LogP contribution in [0.4, 0.5) is 11.4 Å². The SMILES string of the molecule is CCN1CCCC(Nc2cc3c(cc2N)OCCO3)C1. The highest BCUT2D eigenvalue weighted by Gasteiger charge is 2.21. The van der Waals surface area contributed by atoms with Gasteiger partial charge in [-0.2, -0.15) is 0 Å². The third-order valence-corrected chi connectivity index (χ3v) is 4.03. The summed E-state index contributed by atoms with van der Waals surface area (Å²) in [5, 5.41) is 3.56. The number of nitrogen functional groups attached to an aromatic ring is 1. The Labute approximate surface area is 120 Å². The first-order chi connectivity index (χ1) is 9.76. The van der Waals surface area contributed by atoms with E-state index in [-0.39, 0.29) is 0 Å². The van der Waals surface area contributed by atoms with Crippen molar-refractivity contribution in [3.8, 4) is 11.5 Å². The maximum absolute atomic E-state index is 6.12. The molecule has 0 saturated carbocycles. The van der Waals surface area contributed by atoms with Gasteiger partial charge >= 0.3 is 0 Å². The zero-order valence-electron chi connectivity index (χ0n) is 12.0. The Kier molecular flexibility index (Phi) is 3.87. The van der Waals surface area contributed by atoms with E-state index in [0.29, 0.717) is 19.3 Å². The molecule has 0 amide bonds. The summed E-state index contributed by atoms with van der Waals surface area (Å²) in [4.78, 5) is 2.47. The molecule has 0 aliphatic carbocycles. The normalized spacial score (nSPS) is 22.6. The highest BCUT2D eigenvalue weighted by molar-refractivity contribution is 5.72. The Bertz CT molecular complexity index is 478.